The van der Waals surface area contributed by atoms with Gasteiger partial charge in [0.25, 0.3) is 5.91 Å². The topological polar surface area (TPSA) is 50.8 Å². The van der Waals surface area contributed by atoms with E-state index >= 15 is 0 Å². The molecular weight excluding hydrogens is 328 g/mol. The van der Waals surface area contributed by atoms with Crippen molar-refractivity contribution >= 4 is 17.3 Å². The number of nitrogens with zero attached hydrogens (tertiary/aromatic N) is 1. The van der Waals surface area contributed by atoms with Crippen LogP contribution in [0.4, 0.5) is 11.4 Å². The molecule has 2 aromatic carbocycles. The van der Waals surface area contributed by atoms with Crippen molar-refractivity contribution in [3.63, 3.8) is 0 Å². The van der Waals surface area contributed by atoms with Gasteiger partial charge in [0.15, 0.2) is 0 Å². The first-order valence-corrected chi connectivity index (χ1v) is 9.03. The average molecular weight is 354 g/mol. The number of carbonyl (C=O) groups excluding carboxylic acids is 1. The van der Waals surface area contributed by atoms with Gasteiger partial charge in [0.2, 0.25) is 0 Å². The fraction of sp³-hybridized carbons (Fsp3) is 0.381. The minimum absolute atomic E-state index is 0.251. The Bertz CT molecular complexity index is 736. The monoisotopic (exact) mass is 354 g/mol. The van der Waals surface area contributed by atoms with Gasteiger partial charge in [-0.2, -0.15) is 0 Å². The first-order chi connectivity index (χ1) is 12.6. The number of hydrogen-bond donors (Lipinski definition) is 1. The predicted molar refractivity (Wildman–Crippen MR) is 105 cm³/mol. The minimum atomic E-state index is -0.251. The molecule has 1 aliphatic heterocycles. The largest absolute Gasteiger partial charge is 0.496 e. The highest BCUT2D eigenvalue weighted by Gasteiger charge is 2.20. The van der Waals surface area contributed by atoms with E-state index in [9.17, 15) is 4.79 Å². The van der Waals surface area contributed by atoms with Crippen LogP contribution in [0.1, 0.15) is 36.5 Å². The summed E-state index contributed by atoms with van der Waals surface area (Å²) in [6.07, 6.45) is 3.76. The number of hydrogen-bond acceptors (Lipinski definition) is 4. The van der Waals surface area contributed by atoms with Crippen LogP contribution in [0.15, 0.2) is 42.5 Å². The summed E-state index contributed by atoms with van der Waals surface area (Å²) >= 11 is 0. The Balaban J connectivity index is 1.76. The smallest absolute Gasteiger partial charge is 0.263 e. The molecule has 0 bridgehead atoms. The van der Waals surface area contributed by atoms with Gasteiger partial charge in [-0.1, -0.05) is 6.07 Å². The summed E-state index contributed by atoms with van der Waals surface area (Å²) < 4.78 is 10.6. The van der Waals surface area contributed by atoms with E-state index in [2.05, 4.69) is 29.3 Å². The molecule has 0 aromatic heterocycles. The number of piperidine rings is 1. The van der Waals surface area contributed by atoms with Crippen molar-refractivity contribution in [2.24, 2.45) is 0 Å². The maximum Gasteiger partial charge on any atom is 0.263 e. The third-order valence-electron chi connectivity index (χ3n) is 4.91. The normalized spacial score (nSPS) is 16.9. The minimum Gasteiger partial charge on any atom is -0.496 e. The molecule has 26 heavy (non-hydrogen) atoms. The van der Waals surface area contributed by atoms with Gasteiger partial charge in [-0.05, 0) is 62.6 Å². The van der Waals surface area contributed by atoms with E-state index in [1.807, 2.05) is 12.1 Å². The Kier molecular flexibility index (Phi) is 5.66. The van der Waals surface area contributed by atoms with Crippen LogP contribution in [0.2, 0.25) is 0 Å². The third kappa shape index (κ3) is 3.77. The van der Waals surface area contributed by atoms with Crippen LogP contribution in [0, 0.1) is 0 Å². The molecule has 1 amide bonds. The van der Waals surface area contributed by atoms with Gasteiger partial charge in [-0.15, -0.1) is 0 Å². The average Bonchev–Trinajstić information content (AvgIpc) is 2.68. The molecule has 0 saturated carbocycles. The molecule has 1 saturated heterocycles. The summed E-state index contributed by atoms with van der Waals surface area (Å²) in [5.41, 5.74) is 2.34. The van der Waals surface area contributed by atoms with Crippen molar-refractivity contribution in [3.05, 3.63) is 48.0 Å². The summed E-state index contributed by atoms with van der Waals surface area (Å²) in [4.78, 5) is 15.2. The molecule has 5 heteroatoms. The zero-order chi connectivity index (χ0) is 18.5. The Hall–Kier alpha value is -2.69. The van der Waals surface area contributed by atoms with E-state index in [-0.39, 0.29) is 5.91 Å². The lowest BCUT2D eigenvalue weighted by Crippen LogP contribution is -2.37. The Morgan fingerprint density at radius 3 is 2.27 bits per heavy atom. The highest BCUT2D eigenvalue weighted by atomic mass is 16.5. The van der Waals surface area contributed by atoms with Crippen LogP contribution >= 0.6 is 0 Å². The second-order valence-corrected chi connectivity index (χ2v) is 6.58. The highest BCUT2D eigenvalue weighted by molar-refractivity contribution is 6.08. The molecule has 1 N–H and O–H groups in total. The number of amides is 1. The van der Waals surface area contributed by atoms with Gasteiger partial charge in [0.05, 0.1) is 14.2 Å². The van der Waals surface area contributed by atoms with Gasteiger partial charge in [-0.3, -0.25) is 4.79 Å². The van der Waals surface area contributed by atoms with Gasteiger partial charge >= 0.3 is 0 Å². The number of anilines is 2. The lowest BCUT2D eigenvalue weighted by Gasteiger charge is -2.35. The van der Waals surface area contributed by atoms with Crippen molar-refractivity contribution in [2.75, 3.05) is 31.0 Å². The van der Waals surface area contributed by atoms with Gasteiger partial charge in [0, 0.05) is 24.0 Å². The van der Waals surface area contributed by atoms with Crippen molar-refractivity contribution in [2.45, 2.75) is 32.2 Å². The zero-order valence-corrected chi connectivity index (χ0v) is 15.6. The number of rotatable bonds is 5. The van der Waals surface area contributed by atoms with Crippen LogP contribution in [0.3, 0.4) is 0 Å². The zero-order valence-electron chi connectivity index (χ0n) is 15.6. The summed E-state index contributed by atoms with van der Waals surface area (Å²) in [6.45, 7) is 3.36. The van der Waals surface area contributed by atoms with Crippen molar-refractivity contribution in [1.82, 2.24) is 0 Å². The Morgan fingerprint density at radius 1 is 1.04 bits per heavy atom. The van der Waals surface area contributed by atoms with E-state index in [4.69, 9.17) is 9.47 Å². The molecule has 1 atom stereocenters. The number of benzene rings is 2. The highest BCUT2D eigenvalue weighted by Crippen LogP contribution is 2.30. The molecule has 1 aliphatic rings. The molecule has 0 spiro atoms. The van der Waals surface area contributed by atoms with Gasteiger partial charge in [-0.25, -0.2) is 0 Å². The van der Waals surface area contributed by atoms with Crippen LogP contribution < -0.4 is 19.7 Å². The second-order valence-electron chi connectivity index (χ2n) is 6.58. The van der Waals surface area contributed by atoms with Crippen molar-refractivity contribution < 1.29 is 14.3 Å². The molecule has 0 aliphatic carbocycles. The van der Waals surface area contributed by atoms with E-state index in [1.165, 1.54) is 24.9 Å². The number of methoxy groups -OCH3 is 2. The lowest BCUT2D eigenvalue weighted by molar-refractivity contribution is 0.102. The molecule has 138 valence electrons. The quantitative estimate of drug-likeness (QED) is 0.868. The SMILES string of the molecule is COc1cccc(OC)c1C(=O)Nc1ccc(N2CCCC[C@H]2C)cc1. The Labute approximate surface area is 154 Å². The van der Waals surface area contributed by atoms with Crippen LogP contribution in [0.25, 0.3) is 0 Å². The summed E-state index contributed by atoms with van der Waals surface area (Å²) in [7, 11) is 3.08. The first kappa shape index (κ1) is 18.1. The van der Waals surface area contributed by atoms with E-state index in [0.29, 0.717) is 23.1 Å². The van der Waals surface area contributed by atoms with Crippen molar-refractivity contribution in [3.8, 4) is 11.5 Å². The Morgan fingerprint density at radius 2 is 1.69 bits per heavy atom. The fourth-order valence-corrected chi connectivity index (χ4v) is 3.49. The summed E-state index contributed by atoms with van der Waals surface area (Å²) in [5, 5.41) is 2.93. The maximum atomic E-state index is 12.7. The van der Waals surface area contributed by atoms with Crippen LogP contribution in [0.5, 0.6) is 11.5 Å². The molecule has 1 fully saturated rings. The lowest BCUT2D eigenvalue weighted by atomic mass is 10.0. The molecular formula is C21H26N2O3. The number of carbonyl (C=O) groups is 1. The molecule has 3 rings (SSSR count). The van der Waals surface area contributed by atoms with E-state index in [1.54, 1.807) is 32.4 Å². The molecule has 1 heterocycles. The van der Waals surface area contributed by atoms with Crippen molar-refractivity contribution in [1.29, 1.82) is 0 Å². The maximum absolute atomic E-state index is 12.7. The number of nitrogens with one attached hydrogen (secondary N) is 1. The van der Waals surface area contributed by atoms with E-state index in [0.717, 1.165) is 12.2 Å². The third-order valence-corrected chi connectivity index (χ3v) is 4.91. The number of ether oxygens (including phenoxy) is 2. The molecule has 5 nitrogen and oxygen atoms in total. The van der Waals surface area contributed by atoms with E-state index < -0.39 is 0 Å². The first-order valence-electron chi connectivity index (χ1n) is 9.03. The predicted octanol–water partition coefficient (Wildman–Crippen LogP) is 4.33. The van der Waals surface area contributed by atoms with Crippen LogP contribution in [-0.4, -0.2) is 32.7 Å². The summed E-state index contributed by atoms with van der Waals surface area (Å²) in [6, 6.07) is 13.9. The van der Waals surface area contributed by atoms with Gasteiger partial charge < -0.3 is 19.7 Å². The molecule has 0 unspecified atom stereocenters. The fourth-order valence-electron chi connectivity index (χ4n) is 3.49. The van der Waals surface area contributed by atoms with Gasteiger partial charge in [0.1, 0.15) is 17.1 Å². The van der Waals surface area contributed by atoms with Crippen LogP contribution in [-0.2, 0) is 0 Å². The standard InChI is InChI=1S/C21H26N2O3/c1-15-7-4-5-14-23(15)17-12-10-16(11-13-17)22-21(24)20-18(25-2)8-6-9-19(20)26-3/h6,8-13,15H,4-5,7,14H2,1-3H3,(H,22,24)/t15-/m1/s1. The summed E-state index contributed by atoms with van der Waals surface area (Å²) in [5.74, 6) is 0.722. The molecule has 2 aromatic rings. The molecule has 0 radical (unpaired) electrons. The second kappa shape index (κ2) is 8.13.